The fourth-order valence-corrected chi connectivity index (χ4v) is 2.66. The summed E-state index contributed by atoms with van der Waals surface area (Å²) >= 11 is 0. The van der Waals surface area contributed by atoms with Crippen LogP contribution in [0.5, 0.6) is 5.75 Å². The Kier molecular flexibility index (Phi) is 4.39. The van der Waals surface area contributed by atoms with E-state index in [1.54, 1.807) is 12.1 Å². The summed E-state index contributed by atoms with van der Waals surface area (Å²) in [5, 5.41) is 10.1. The predicted octanol–water partition coefficient (Wildman–Crippen LogP) is 5.18. The molecule has 0 atom stereocenters. The third-order valence-corrected chi connectivity index (χ3v) is 3.97. The Morgan fingerprint density at radius 2 is 1.61 bits per heavy atom. The maximum atomic E-state index is 12.1. The van der Waals surface area contributed by atoms with Crippen molar-refractivity contribution in [1.82, 2.24) is 0 Å². The maximum absolute atomic E-state index is 12.1. The molecular formula is C21H26O2. The Labute approximate surface area is 139 Å². The fraction of sp³-hybridized carbons (Fsp3) is 0.381. The summed E-state index contributed by atoms with van der Waals surface area (Å²) in [6.45, 7) is 12.4. The van der Waals surface area contributed by atoms with Crippen LogP contribution in [-0.4, -0.2) is 10.9 Å². The van der Waals surface area contributed by atoms with Gasteiger partial charge in [-0.1, -0.05) is 53.7 Å². The van der Waals surface area contributed by atoms with E-state index in [0.717, 1.165) is 22.3 Å². The Balaban J connectivity index is 2.45. The first kappa shape index (κ1) is 17.3. The SMILES string of the molecule is CC(C)(C)C1=CC(=Cc2ccc(O)c(C(C)(C)C)c2)C=CC1=O. The Morgan fingerprint density at radius 3 is 2.17 bits per heavy atom. The van der Waals surface area contributed by atoms with Crippen molar-refractivity contribution in [3.8, 4) is 5.75 Å². The zero-order valence-corrected chi connectivity index (χ0v) is 14.9. The quantitative estimate of drug-likeness (QED) is 0.775. The highest BCUT2D eigenvalue weighted by Crippen LogP contribution is 2.33. The second-order valence-electron chi connectivity index (χ2n) is 8.18. The van der Waals surface area contributed by atoms with E-state index < -0.39 is 0 Å². The number of aromatic hydroxyl groups is 1. The topological polar surface area (TPSA) is 37.3 Å². The van der Waals surface area contributed by atoms with Crippen molar-refractivity contribution in [3.63, 3.8) is 0 Å². The number of phenolic OH excluding ortho intramolecular Hbond substituents is 1. The van der Waals surface area contributed by atoms with Crippen molar-refractivity contribution in [2.45, 2.75) is 47.0 Å². The molecule has 1 aliphatic rings. The van der Waals surface area contributed by atoms with Crippen LogP contribution < -0.4 is 0 Å². The van der Waals surface area contributed by atoms with Crippen molar-refractivity contribution in [3.05, 3.63) is 58.7 Å². The molecule has 2 nitrogen and oxygen atoms in total. The van der Waals surface area contributed by atoms with Crippen molar-refractivity contribution >= 4 is 11.9 Å². The standard InChI is InChI=1S/C21H26O2/c1-20(2,3)16-12-14(7-9-18(16)22)11-15-8-10-19(23)17(13-15)21(4,5)6/h7-13,22H,1-6H3. The molecule has 1 aliphatic carbocycles. The number of hydrogen-bond acceptors (Lipinski definition) is 2. The Morgan fingerprint density at radius 1 is 0.957 bits per heavy atom. The summed E-state index contributed by atoms with van der Waals surface area (Å²) < 4.78 is 0. The summed E-state index contributed by atoms with van der Waals surface area (Å²) in [4.78, 5) is 12.1. The van der Waals surface area contributed by atoms with Crippen molar-refractivity contribution in [1.29, 1.82) is 0 Å². The largest absolute Gasteiger partial charge is 0.508 e. The number of allylic oxidation sites excluding steroid dienone is 5. The number of rotatable bonds is 1. The molecule has 0 aromatic heterocycles. The van der Waals surface area contributed by atoms with Gasteiger partial charge in [-0.15, -0.1) is 0 Å². The van der Waals surface area contributed by atoms with E-state index in [4.69, 9.17) is 0 Å². The molecule has 1 aromatic rings. The van der Waals surface area contributed by atoms with Gasteiger partial charge in [0, 0.05) is 5.57 Å². The summed E-state index contributed by atoms with van der Waals surface area (Å²) in [7, 11) is 0. The number of carbonyl (C=O) groups excluding carboxylic acids is 1. The molecule has 0 radical (unpaired) electrons. The van der Waals surface area contributed by atoms with Gasteiger partial charge in [-0.3, -0.25) is 4.79 Å². The van der Waals surface area contributed by atoms with Gasteiger partial charge in [0.2, 0.25) is 0 Å². The molecule has 1 N–H and O–H groups in total. The maximum Gasteiger partial charge on any atom is 0.182 e. The molecule has 2 rings (SSSR count). The average Bonchev–Trinajstić information content (AvgIpc) is 2.40. The van der Waals surface area contributed by atoms with Crippen molar-refractivity contribution in [2.75, 3.05) is 0 Å². The van der Waals surface area contributed by atoms with Crippen LogP contribution in [-0.2, 0) is 10.2 Å². The van der Waals surface area contributed by atoms with Gasteiger partial charge in [-0.05, 0) is 57.9 Å². The zero-order valence-electron chi connectivity index (χ0n) is 14.9. The normalized spacial score (nSPS) is 17.6. The minimum Gasteiger partial charge on any atom is -0.508 e. The molecule has 0 amide bonds. The van der Waals surface area contributed by atoms with Crippen LogP contribution in [0.15, 0.2) is 47.6 Å². The molecule has 0 saturated heterocycles. The second-order valence-corrected chi connectivity index (χ2v) is 8.18. The lowest BCUT2D eigenvalue weighted by molar-refractivity contribution is -0.112. The third kappa shape index (κ3) is 4.01. The molecule has 0 fully saturated rings. The Hall–Kier alpha value is -2.09. The molecule has 122 valence electrons. The van der Waals surface area contributed by atoms with Gasteiger partial charge in [-0.25, -0.2) is 0 Å². The van der Waals surface area contributed by atoms with E-state index in [0.29, 0.717) is 5.75 Å². The summed E-state index contributed by atoms with van der Waals surface area (Å²) in [5.74, 6) is 0.399. The van der Waals surface area contributed by atoms with Crippen LogP contribution in [0.2, 0.25) is 0 Å². The molecule has 0 spiro atoms. The summed E-state index contributed by atoms with van der Waals surface area (Å²) in [6.07, 6.45) is 7.49. The Bertz CT molecular complexity index is 717. The minimum atomic E-state index is -0.174. The molecule has 0 bridgehead atoms. The minimum absolute atomic E-state index is 0.0794. The van der Waals surface area contributed by atoms with Crippen LogP contribution in [0, 0.1) is 5.41 Å². The number of benzene rings is 1. The van der Waals surface area contributed by atoms with E-state index in [1.807, 2.05) is 51.1 Å². The average molecular weight is 310 g/mol. The van der Waals surface area contributed by atoms with Crippen molar-refractivity contribution in [2.24, 2.45) is 5.41 Å². The van der Waals surface area contributed by atoms with Gasteiger partial charge in [0.05, 0.1) is 0 Å². The lowest BCUT2D eigenvalue weighted by atomic mass is 9.80. The van der Waals surface area contributed by atoms with Crippen LogP contribution in [0.25, 0.3) is 6.08 Å². The highest BCUT2D eigenvalue weighted by molar-refractivity contribution is 6.07. The third-order valence-electron chi connectivity index (χ3n) is 3.97. The molecule has 0 unspecified atom stereocenters. The highest BCUT2D eigenvalue weighted by Gasteiger charge is 2.24. The summed E-state index contributed by atoms with van der Waals surface area (Å²) in [5.41, 5.74) is 3.46. The van der Waals surface area contributed by atoms with E-state index in [1.165, 1.54) is 0 Å². The molecule has 23 heavy (non-hydrogen) atoms. The first-order chi connectivity index (χ1) is 10.5. The number of phenols is 1. The van der Waals surface area contributed by atoms with E-state index in [9.17, 15) is 9.90 Å². The van der Waals surface area contributed by atoms with Gasteiger partial charge < -0.3 is 5.11 Å². The number of carbonyl (C=O) groups is 1. The molecule has 2 heteroatoms. The molecule has 0 heterocycles. The zero-order chi connectivity index (χ0) is 17.4. The van der Waals surface area contributed by atoms with Gasteiger partial charge >= 0.3 is 0 Å². The van der Waals surface area contributed by atoms with E-state index in [2.05, 4.69) is 20.8 Å². The molecular weight excluding hydrogens is 284 g/mol. The van der Waals surface area contributed by atoms with Gasteiger partial charge in [-0.2, -0.15) is 0 Å². The molecule has 1 aromatic carbocycles. The van der Waals surface area contributed by atoms with Crippen LogP contribution in [0.4, 0.5) is 0 Å². The van der Waals surface area contributed by atoms with Crippen LogP contribution >= 0.6 is 0 Å². The first-order valence-corrected chi connectivity index (χ1v) is 7.98. The van der Waals surface area contributed by atoms with E-state index in [-0.39, 0.29) is 16.6 Å². The highest BCUT2D eigenvalue weighted by atomic mass is 16.3. The van der Waals surface area contributed by atoms with E-state index >= 15 is 0 Å². The lowest BCUT2D eigenvalue weighted by Crippen LogP contribution is -2.18. The molecule has 0 aliphatic heterocycles. The van der Waals surface area contributed by atoms with Gasteiger partial charge in [0.1, 0.15) is 5.75 Å². The number of ketones is 1. The van der Waals surface area contributed by atoms with Gasteiger partial charge in [0.15, 0.2) is 5.78 Å². The molecule has 0 saturated carbocycles. The number of hydrogen-bond donors (Lipinski definition) is 1. The monoisotopic (exact) mass is 310 g/mol. The van der Waals surface area contributed by atoms with Crippen molar-refractivity contribution < 1.29 is 9.90 Å². The fourth-order valence-electron chi connectivity index (χ4n) is 2.66. The lowest BCUT2D eigenvalue weighted by Gasteiger charge is -2.23. The summed E-state index contributed by atoms with van der Waals surface area (Å²) in [6, 6.07) is 5.64. The van der Waals surface area contributed by atoms with Crippen LogP contribution in [0.3, 0.4) is 0 Å². The van der Waals surface area contributed by atoms with Crippen LogP contribution in [0.1, 0.15) is 52.7 Å². The second kappa shape index (κ2) is 5.84. The smallest absolute Gasteiger partial charge is 0.182 e. The first-order valence-electron chi connectivity index (χ1n) is 7.98. The van der Waals surface area contributed by atoms with Gasteiger partial charge in [0.25, 0.3) is 0 Å². The predicted molar refractivity (Wildman–Crippen MR) is 96.5 cm³/mol.